The molecule has 0 saturated carbocycles. The number of hydrogen-bond acceptors (Lipinski definition) is 4. The van der Waals surface area contributed by atoms with Gasteiger partial charge in [-0.1, -0.05) is 12.1 Å². The number of hydrogen-bond donors (Lipinski definition) is 1. The van der Waals surface area contributed by atoms with E-state index >= 15 is 0 Å². The van der Waals surface area contributed by atoms with Crippen LogP contribution in [0.15, 0.2) is 24.3 Å². The summed E-state index contributed by atoms with van der Waals surface area (Å²) in [6.07, 6.45) is 0. The average Bonchev–Trinajstić information content (AvgIpc) is 2.37. The van der Waals surface area contributed by atoms with Crippen LogP contribution in [-0.4, -0.2) is 37.9 Å². The topological polar surface area (TPSA) is 73.2 Å². The highest BCUT2D eigenvalue weighted by Crippen LogP contribution is 2.15. The van der Waals surface area contributed by atoms with Gasteiger partial charge in [0.05, 0.1) is 17.4 Å². The Hall–Kier alpha value is -1.13. The minimum Gasteiger partial charge on any atom is -0.309 e. The molecule has 1 N–H and O–H groups in total. The lowest BCUT2D eigenvalue weighted by Crippen LogP contribution is -2.55. The summed E-state index contributed by atoms with van der Waals surface area (Å²) < 4.78 is 26.5. The van der Waals surface area contributed by atoms with Crippen LogP contribution in [0.5, 0.6) is 0 Å². The fourth-order valence-corrected chi connectivity index (χ4v) is 4.22. The molecule has 0 bridgehead atoms. The van der Waals surface area contributed by atoms with Gasteiger partial charge in [-0.15, -0.1) is 12.4 Å². The SMILES string of the molecule is CC1CN(S(=O)(=O)Cc2cccc(C#N)c2)CC(C)N1.Cl. The van der Waals surface area contributed by atoms with E-state index in [1.54, 1.807) is 24.3 Å². The molecule has 7 heteroatoms. The summed E-state index contributed by atoms with van der Waals surface area (Å²) in [5.41, 5.74) is 1.14. The van der Waals surface area contributed by atoms with Crippen LogP contribution < -0.4 is 5.32 Å². The summed E-state index contributed by atoms with van der Waals surface area (Å²) in [7, 11) is -3.34. The van der Waals surface area contributed by atoms with Gasteiger partial charge in [0.25, 0.3) is 0 Å². The summed E-state index contributed by atoms with van der Waals surface area (Å²) in [5.74, 6) is -0.0536. The third kappa shape index (κ3) is 4.68. The van der Waals surface area contributed by atoms with Crippen LogP contribution in [0.25, 0.3) is 0 Å². The standard InChI is InChI=1S/C14H19N3O2S.ClH/c1-11-8-17(9-12(2)16-11)20(18,19)10-14-5-3-4-13(6-14)7-15;/h3-6,11-12,16H,8-10H2,1-2H3;1H. The van der Waals surface area contributed by atoms with Crippen molar-refractivity contribution in [2.45, 2.75) is 31.7 Å². The maximum atomic E-state index is 12.5. The molecule has 1 fully saturated rings. The minimum atomic E-state index is -3.34. The van der Waals surface area contributed by atoms with E-state index in [1.165, 1.54) is 4.31 Å². The van der Waals surface area contributed by atoms with Gasteiger partial charge in [0, 0.05) is 25.2 Å². The lowest BCUT2D eigenvalue weighted by atomic mass is 10.2. The molecular formula is C14H20ClN3O2S. The van der Waals surface area contributed by atoms with Gasteiger partial charge in [-0.25, -0.2) is 8.42 Å². The molecule has 0 radical (unpaired) electrons. The van der Waals surface area contributed by atoms with Crippen LogP contribution in [0, 0.1) is 11.3 Å². The van der Waals surface area contributed by atoms with Crippen molar-refractivity contribution in [3.8, 4) is 6.07 Å². The number of rotatable bonds is 3. The summed E-state index contributed by atoms with van der Waals surface area (Å²) >= 11 is 0. The van der Waals surface area contributed by atoms with Gasteiger partial charge >= 0.3 is 0 Å². The molecule has 0 amide bonds. The Morgan fingerprint density at radius 1 is 1.33 bits per heavy atom. The largest absolute Gasteiger partial charge is 0.309 e. The van der Waals surface area contributed by atoms with E-state index in [1.807, 2.05) is 19.9 Å². The quantitative estimate of drug-likeness (QED) is 0.912. The van der Waals surface area contributed by atoms with Gasteiger partial charge in [-0.05, 0) is 31.5 Å². The molecule has 1 saturated heterocycles. The van der Waals surface area contributed by atoms with Crippen molar-refractivity contribution in [3.63, 3.8) is 0 Å². The molecule has 2 rings (SSSR count). The fourth-order valence-electron chi connectivity index (χ4n) is 2.54. The van der Waals surface area contributed by atoms with Crippen molar-refractivity contribution in [1.82, 2.24) is 9.62 Å². The Kier molecular flexibility index (Phi) is 6.17. The van der Waals surface area contributed by atoms with Crippen molar-refractivity contribution in [2.75, 3.05) is 13.1 Å². The molecule has 2 unspecified atom stereocenters. The smallest absolute Gasteiger partial charge is 0.218 e. The molecule has 1 aromatic carbocycles. The van der Waals surface area contributed by atoms with Gasteiger partial charge in [0.15, 0.2) is 0 Å². The van der Waals surface area contributed by atoms with Crippen LogP contribution in [0.3, 0.4) is 0 Å². The molecule has 0 spiro atoms. The molecule has 116 valence electrons. The monoisotopic (exact) mass is 329 g/mol. The Morgan fingerprint density at radius 2 is 1.95 bits per heavy atom. The molecule has 0 aromatic heterocycles. The highest BCUT2D eigenvalue weighted by molar-refractivity contribution is 7.88. The summed E-state index contributed by atoms with van der Waals surface area (Å²) in [6, 6.07) is 9.09. The van der Waals surface area contributed by atoms with Gasteiger partial charge in [-0.2, -0.15) is 9.57 Å². The van der Waals surface area contributed by atoms with Crippen LogP contribution in [-0.2, 0) is 15.8 Å². The number of sulfonamides is 1. The molecule has 1 heterocycles. The number of nitrogens with zero attached hydrogens (tertiary/aromatic N) is 2. The first kappa shape index (κ1) is 17.9. The highest BCUT2D eigenvalue weighted by atomic mass is 35.5. The highest BCUT2D eigenvalue weighted by Gasteiger charge is 2.30. The molecule has 0 aliphatic carbocycles. The number of nitriles is 1. The zero-order chi connectivity index (χ0) is 14.8. The Labute approximate surface area is 132 Å². The van der Waals surface area contributed by atoms with Crippen molar-refractivity contribution >= 4 is 22.4 Å². The second-order valence-corrected chi connectivity index (χ2v) is 7.32. The molecule has 1 aliphatic heterocycles. The lowest BCUT2D eigenvalue weighted by molar-refractivity contribution is 0.262. The van der Waals surface area contributed by atoms with E-state index < -0.39 is 10.0 Å². The maximum Gasteiger partial charge on any atom is 0.218 e. The van der Waals surface area contributed by atoms with E-state index in [2.05, 4.69) is 5.32 Å². The zero-order valence-corrected chi connectivity index (χ0v) is 13.7. The molecule has 1 aromatic rings. The first-order valence-corrected chi connectivity index (χ1v) is 8.24. The van der Waals surface area contributed by atoms with Gasteiger partial charge in [0.1, 0.15) is 0 Å². The Bertz CT molecular complexity index is 617. The van der Waals surface area contributed by atoms with E-state index in [-0.39, 0.29) is 30.2 Å². The first-order valence-electron chi connectivity index (χ1n) is 6.63. The predicted octanol–water partition coefficient (Wildman–Crippen LogP) is 1.49. The number of halogens is 1. The third-order valence-electron chi connectivity index (χ3n) is 3.32. The number of benzene rings is 1. The average molecular weight is 330 g/mol. The minimum absolute atomic E-state index is 0. The second-order valence-electron chi connectivity index (χ2n) is 5.35. The Balaban J connectivity index is 0.00000220. The Morgan fingerprint density at radius 3 is 2.52 bits per heavy atom. The first-order chi connectivity index (χ1) is 9.40. The van der Waals surface area contributed by atoms with Crippen LogP contribution in [0.2, 0.25) is 0 Å². The van der Waals surface area contributed by atoms with Gasteiger partial charge < -0.3 is 5.32 Å². The van der Waals surface area contributed by atoms with Crippen molar-refractivity contribution < 1.29 is 8.42 Å². The maximum absolute atomic E-state index is 12.5. The number of piperazine rings is 1. The van der Waals surface area contributed by atoms with Crippen molar-refractivity contribution in [3.05, 3.63) is 35.4 Å². The normalized spacial score (nSPS) is 23.1. The van der Waals surface area contributed by atoms with E-state index in [9.17, 15) is 8.42 Å². The lowest BCUT2D eigenvalue weighted by Gasteiger charge is -2.35. The predicted molar refractivity (Wildman–Crippen MR) is 84.7 cm³/mol. The summed E-state index contributed by atoms with van der Waals surface area (Å²) in [4.78, 5) is 0. The fraction of sp³-hybridized carbons (Fsp3) is 0.500. The second kappa shape index (κ2) is 7.23. The summed E-state index contributed by atoms with van der Waals surface area (Å²) in [6.45, 7) is 4.94. The third-order valence-corrected chi connectivity index (χ3v) is 5.11. The molecule has 2 atom stereocenters. The van der Waals surface area contributed by atoms with E-state index in [4.69, 9.17) is 5.26 Å². The van der Waals surface area contributed by atoms with Crippen LogP contribution in [0.4, 0.5) is 0 Å². The number of nitrogens with one attached hydrogen (secondary N) is 1. The van der Waals surface area contributed by atoms with E-state index in [0.717, 1.165) is 0 Å². The molecule has 21 heavy (non-hydrogen) atoms. The molecule has 1 aliphatic rings. The van der Waals surface area contributed by atoms with Crippen molar-refractivity contribution in [2.24, 2.45) is 0 Å². The van der Waals surface area contributed by atoms with E-state index in [0.29, 0.717) is 24.2 Å². The summed E-state index contributed by atoms with van der Waals surface area (Å²) in [5, 5.41) is 12.2. The van der Waals surface area contributed by atoms with Crippen molar-refractivity contribution in [1.29, 1.82) is 5.26 Å². The molecular weight excluding hydrogens is 310 g/mol. The van der Waals surface area contributed by atoms with Crippen LogP contribution in [0.1, 0.15) is 25.0 Å². The van der Waals surface area contributed by atoms with Gasteiger partial charge in [-0.3, -0.25) is 0 Å². The zero-order valence-electron chi connectivity index (χ0n) is 12.1. The van der Waals surface area contributed by atoms with Gasteiger partial charge in [0.2, 0.25) is 10.0 Å². The van der Waals surface area contributed by atoms with Crippen LogP contribution >= 0.6 is 12.4 Å². The molecule has 5 nitrogen and oxygen atoms in total.